The van der Waals surface area contributed by atoms with Crippen molar-refractivity contribution in [3.8, 4) is 0 Å². The molecule has 112 valence electrons. The van der Waals surface area contributed by atoms with Crippen LogP contribution in [0, 0.1) is 0 Å². The van der Waals surface area contributed by atoms with Gasteiger partial charge in [0.25, 0.3) is 0 Å². The number of unbranched alkanes of at least 4 members (excludes halogenated alkanes) is 5. The molecule has 0 bridgehead atoms. The first kappa shape index (κ1) is 17.7. The van der Waals surface area contributed by atoms with Crippen molar-refractivity contribution < 1.29 is 0 Å². The minimum Gasteiger partial charge on any atom is -0.370 e. The van der Waals surface area contributed by atoms with Crippen LogP contribution in [0.4, 0.5) is 0 Å². The Hall–Kier alpha value is -1.26. The molecule has 0 aliphatic carbocycles. The van der Waals surface area contributed by atoms with Gasteiger partial charge in [-0.15, -0.1) is 0 Å². The van der Waals surface area contributed by atoms with Crippen LogP contribution >= 0.6 is 0 Å². The molecule has 0 amide bonds. The molecule has 1 unspecified atom stereocenters. The number of hydrogen-bond donors (Lipinski definition) is 3. The summed E-state index contributed by atoms with van der Waals surface area (Å²) < 4.78 is 0. The maximum Gasteiger partial charge on any atom is 0.218 e. The van der Waals surface area contributed by atoms with Gasteiger partial charge in [0.1, 0.15) is 0 Å². The second-order valence-electron chi connectivity index (χ2n) is 5.02. The van der Waals surface area contributed by atoms with Gasteiger partial charge >= 0.3 is 0 Å². The van der Waals surface area contributed by atoms with E-state index in [0.717, 1.165) is 19.3 Å². The zero-order valence-corrected chi connectivity index (χ0v) is 12.6. The SMILES string of the molecule is CCCCCCCC(CCCC)N=C(N)N=C(N)N. The topological polar surface area (TPSA) is 103 Å². The molecular weight excluding hydrogens is 238 g/mol. The fraction of sp³-hybridized carbons (Fsp3) is 0.857. The molecule has 1 atom stereocenters. The van der Waals surface area contributed by atoms with Gasteiger partial charge in [0.05, 0.1) is 6.04 Å². The molecule has 0 saturated carbocycles. The third kappa shape index (κ3) is 11.6. The fourth-order valence-electron chi connectivity index (χ4n) is 2.04. The molecule has 0 spiro atoms. The summed E-state index contributed by atoms with van der Waals surface area (Å²) in [5.74, 6) is 0.174. The summed E-state index contributed by atoms with van der Waals surface area (Å²) in [5, 5.41) is 0. The summed E-state index contributed by atoms with van der Waals surface area (Å²) in [6.07, 6.45) is 10.8. The highest BCUT2D eigenvalue weighted by molar-refractivity contribution is 5.92. The normalized spacial score (nSPS) is 13.3. The van der Waals surface area contributed by atoms with Crippen LogP contribution in [0.2, 0.25) is 0 Å². The van der Waals surface area contributed by atoms with Crippen LogP contribution in [0.25, 0.3) is 0 Å². The Kier molecular flexibility index (Phi) is 11.0. The molecule has 0 radical (unpaired) electrons. The molecule has 0 heterocycles. The Bertz CT molecular complexity index is 269. The van der Waals surface area contributed by atoms with E-state index in [2.05, 4.69) is 23.8 Å². The van der Waals surface area contributed by atoms with E-state index in [9.17, 15) is 0 Å². The lowest BCUT2D eigenvalue weighted by molar-refractivity contribution is 0.502. The summed E-state index contributed by atoms with van der Waals surface area (Å²) in [5.41, 5.74) is 16.3. The molecule has 19 heavy (non-hydrogen) atoms. The monoisotopic (exact) mass is 269 g/mol. The highest BCUT2D eigenvalue weighted by Crippen LogP contribution is 2.14. The Balaban J connectivity index is 4.18. The quantitative estimate of drug-likeness (QED) is 0.322. The Morgan fingerprint density at radius 3 is 2.00 bits per heavy atom. The van der Waals surface area contributed by atoms with E-state index in [1.807, 2.05) is 0 Å². The van der Waals surface area contributed by atoms with Crippen LogP contribution in [0.1, 0.15) is 71.6 Å². The first-order valence-electron chi connectivity index (χ1n) is 7.53. The predicted octanol–water partition coefficient (Wildman–Crippen LogP) is 2.49. The minimum atomic E-state index is -0.0292. The third-order valence-electron chi connectivity index (χ3n) is 3.09. The van der Waals surface area contributed by atoms with Crippen molar-refractivity contribution in [2.45, 2.75) is 77.7 Å². The molecule has 0 aromatic rings. The van der Waals surface area contributed by atoms with E-state index in [1.54, 1.807) is 0 Å². The number of hydrogen-bond acceptors (Lipinski definition) is 1. The molecule has 6 N–H and O–H groups in total. The van der Waals surface area contributed by atoms with E-state index in [4.69, 9.17) is 17.2 Å². The molecule has 0 aromatic heterocycles. The van der Waals surface area contributed by atoms with Gasteiger partial charge < -0.3 is 17.2 Å². The molecule has 5 heteroatoms. The van der Waals surface area contributed by atoms with Gasteiger partial charge in [-0.25, -0.2) is 4.99 Å². The number of guanidine groups is 2. The Labute approximate surface area is 117 Å². The van der Waals surface area contributed by atoms with Crippen LogP contribution in [-0.2, 0) is 0 Å². The predicted molar refractivity (Wildman–Crippen MR) is 84.1 cm³/mol. The van der Waals surface area contributed by atoms with E-state index < -0.39 is 0 Å². The second-order valence-corrected chi connectivity index (χ2v) is 5.02. The van der Waals surface area contributed by atoms with E-state index >= 15 is 0 Å². The molecule has 0 saturated heterocycles. The summed E-state index contributed by atoms with van der Waals surface area (Å²) in [6, 6.07) is 0.254. The zero-order valence-electron chi connectivity index (χ0n) is 12.6. The van der Waals surface area contributed by atoms with Crippen molar-refractivity contribution in [3.05, 3.63) is 0 Å². The van der Waals surface area contributed by atoms with Crippen LogP contribution in [-0.4, -0.2) is 18.0 Å². The summed E-state index contributed by atoms with van der Waals surface area (Å²) in [6.45, 7) is 4.41. The number of rotatable bonds is 10. The standard InChI is InChI=1S/C14H31N5/c1-3-5-7-8-9-11-12(10-6-4-2)18-14(17)19-13(15)16/h12H,3-11H2,1-2H3,(H6,15,16,17,18,19). The van der Waals surface area contributed by atoms with Gasteiger partial charge in [0, 0.05) is 0 Å². The Morgan fingerprint density at radius 2 is 1.42 bits per heavy atom. The van der Waals surface area contributed by atoms with Crippen LogP contribution < -0.4 is 17.2 Å². The van der Waals surface area contributed by atoms with Crippen molar-refractivity contribution in [3.63, 3.8) is 0 Å². The van der Waals surface area contributed by atoms with Gasteiger partial charge in [-0.2, -0.15) is 4.99 Å². The first-order valence-corrected chi connectivity index (χ1v) is 7.53. The number of nitrogens with zero attached hydrogens (tertiary/aromatic N) is 2. The smallest absolute Gasteiger partial charge is 0.218 e. The van der Waals surface area contributed by atoms with Gasteiger partial charge in [-0.1, -0.05) is 58.8 Å². The maximum absolute atomic E-state index is 5.70. The van der Waals surface area contributed by atoms with Crippen molar-refractivity contribution in [1.82, 2.24) is 0 Å². The van der Waals surface area contributed by atoms with Crippen molar-refractivity contribution in [2.24, 2.45) is 27.2 Å². The lowest BCUT2D eigenvalue weighted by Crippen LogP contribution is -2.27. The van der Waals surface area contributed by atoms with Gasteiger partial charge in [0.2, 0.25) is 5.96 Å². The van der Waals surface area contributed by atoms with Crippen molar-refractivity contribution >= 4 is 11.9 Å². The molecule has 5 nitrogen and oxygen atoms in total. The summed E-state index contributed by atoms with van der Waals surface area (Å²) in [7, 11) is 0. The molecular formula is C14H31N5. The van der Waals surface area contributed by atoms with Crippen LogP contribution in [0.3, 0.4) is 0 Å². The van der Waals surface area contributed by atoms with E-state index in [0.29, 0.717) is 0 Å². The maximum atomic E-state index is 5.70. The highest BCUT2D eigenvalue weighted by atomic mass is 15.1. The average molecular weight is 269 g/mol. The number of aliphatic imine (C=N–C) groups is 2. The molecule has 0 fully saturated rings. The second kappa shape index (κ2) is 11.8. The lowest BCUT2D eigenvalue weighted by Gasteiger charge is -2.12. The fourth-order valence-corrected chi connectivity index (χ4v) is 2.04. The molecule has 0 rings (SSSR count). The molecule has 0 aliphatic heterocycles. The van der Waals surface area contributed by atoms with Gasteiger partial charge in [0.15, 0.2) is 5.96 Å². The van der Waals surface area contributed by atoms with Gasteiger partial charge in [-0.05, 0) is 12.8 Å². The largest absolute Gasteiger partial charge is 0.370 e. The summed E-state index contributed by atoms with van der Waals surface area (Å²) in [4.78, 5) is 8.20. The molecule has 0 aromatic carbocycles. The van der Waals surface area contributed by atoms with E-state index in [1.165, 1.54) is 38.5 Å². The number of nitrogens with two attached hydrogens (primary N) is 3. The minimum absolute atomic E-state index is 0.0292. The lowest BCUT2D eigenvalue weighted by atomic mass is 10.0. The first-order chi connectivity index (χ1) is 9.10. The van der Waals surface area contributed by atoms with Crippen LogP contribution in [0.5, 0.6) is 0 Å². The average Bonchev–Trinajstić information content (AvgIpc) is 2.34. The molecule has 0 aliphatic rings. The van der Waals surface area contributed by atoms with E-state index in [-0.39, 0.29) is 18.0 Å². The third-order valence-corrected chi connectivity index (χ3v) is 3.09. The summed E-state index contributed by atoms with van der Waals surface area (Å²) >= 11 is 0. The Morgan fingerprint density at radius 1 is 0.842 bits per heavy atom. The highest BCUT2D eigenvalue weighted by Gasteiger charge is 2.07. The van der Waals surface area contributed by atoms with Gasteiger partial charge in [-0.3, -0.25) is 0 Å². The zero-order chi connectivity index (χ0) is 14.5. The van der Waals surface area contributed by atoms with Crippen molar-refractivity contribution in [1.29, 1.82) is 0 Å². The van der Waals surface area contributed by atoms with Crippen LogP contribution in [0.15, 0.2) is 9.98 Å². The van der Waals surface area contributed by atoms with Crippen molar-refractivity contribution in [2.75, 3.05) is 0 Å².